The molecule has 0 radical (unpaired) electrons. The molecule has 5 heteroatoms. The zero-order valence-electron chi connectivity index (χ0n) is 9.87. The van der Waals surface area contributed by atoms with Gasteiger partial charge in [0.1, 0.15) is 0 Å². The van der Waals surface area contributed by atoms with Crippen LogP contribution < -0.4 is 11.1 Å². The lowest BCUT2D eigenvalue weighted by molar-refractivity contribution is -0.123. The van der Waals surface area contributed by atoms with Crippen molar-refractivity contribution in [3.8, 4) is 0 Å². The number of nitrogens with two attached hydrogens (primary N) is 1. The van der Waals surface area contributed by atoms with E-state index in [1.165, 1.54) is 0 Å². The lowest BCUT2D eigenvalue weighted by Crippen LogP contribution is -2.41. The number of oxime groups is 1. The molecule has 0 aliphatic rings. The molecule has 0 heterocycles. The van der Waals surface area contributed by atoms with Crippen LogP contribution in [0.3, 0.4) is 0 Å². The van der Waals surface area contributed by atoms with Crippen LogP contribution >= 0.6 is 0 Å². The van der Waals surface area contributed by atoms with Gasteiger partial charge < -0.3 is 16.3 Å². The summed E-state index contributed by atoms with van der Waals surface area (Å²) in [7, 11) is 0. The number of hydrogen-bond donors (Lipinski definition) is 3. The second-order valence-corrected chi connectivity index (χ2v) is 4.76. The zero-order chi connectivity index (χ0) is 12.1. The smallest absolute Gasteiger partial charge is 0.230 e. The van der Waals surface area contributed by atoms with Gasteiger partial charge in [0.2, 0.25) is 5.91 Å². The van der Waals surface area contributed by atoms with Crippen molar-refractivity contribution in [3.05, 3.63) is 0 Å². The van der Waals surface area contributed by atoms with Crippen molar-refractivity contribution < 1.29 is 10.0 Å². The lowest BCUT2D eigenvalue weighted by atomic mass is 9.96. The molecule has 0 aromatic rings. The van der Waals surface area contributed by atoms with E-state index in [0.29, 0.717) is 13.0 Å². The second-order valence-electron chi connectivity index (χ2n) is 4.76. The van der Waals surface area contributed by atoms with E-state index in [2.05, 4.69) is 10.5 Å². The SMILES string of the molecule is CCC(C(=O)NCC(C)(C)C)C(N)=NO. The normalized spacial score (nSPS) is 14.8. The predicted octanol–water partition coefficient (Wildman–Crippen LogP) is 0.921. The number of nitrogens with one attached hydrogen (secondary N) is 1. The van der Waals surface area contributed by atoms with E-state index in [1.807, 2.05) is 27.7 Å². The Morgan fingerprint density at radius 1 is 1.53 bits per heavy atom. The Balaban J connectivity index is 4.30. The first-order valence-electron chi connectivity index (χ1n) is 5.07. The molecule has 15 heavy (non-hydrogen) atoms. The molecule has 0 rings (SSSR count). The minimum atomic E-state index is -0.544. The molecule has 88 valence electrons. The Morgan fingerprint density at radius 2 is 2.07 bits per heavy atom. The highest BCUT2D eigenvalue weighted by Gasteiger charge is 2.22. The van der Waals surface area contributed by atoms with Crippen molar-refractivity contribution in [2.75, 3.05) is 6.54 Å². The first-order chi connectivity index (χ1) is 6.81. The van der Waals surface area contributed by atoms with Crippen molar-refractivity contribution in [1.82, 2.24) is 5.32 Å². The molecule has 1 unspecified atom stereocenters. The summed E-state index contributed by atoms with van der Waals surface area (Å²) in [5.74, 6) is -0.774. The third kappa shape index (κ3) is 5.24. The van der Waals surface area contributed by atoms with Crippen LogP contribution in [-0.4, -0.2) is 23.5 Å². The van der Waals surface area contributed by atoms with Crippen LogP contribution in [-0.2, 0) is 4.79 Å². The number of carbonyl (C=O) groups is 1. The monoisotopic (exact) mass is 215 g/mol. The van der Waals surface area contributed by atoms with E-state index in [-0.39, 0.29) is 17.2 Å². The maximum atomic E-state index is 11.6. The van der Waals surface area contributed by atoms with Gasteiger partial charge in [0.15, 0.2) is 5.84 Å². The van der Waals surface area contributed by atoms with Gasteiger partial charge in [0.25, 0.3) is 0 Å². The minimum absolute atomic E-state index is 0.0269. The first kappa shape index (κ1) is 13.7. The molecule has 0 saturated carbocycles. The predicted molar refractivity (Wildman–Crippen MR) is 59.7 cm³/mol. The molecule has 0 saturated heterocycles. The van der Waals surface area contributed by atoms with Gasteiger partial charge >= 0.3 is 0 Å². The molecular weight excluding hydrogens is 194 g/mol. The molecule has 0 aliphatic carbocycles. The molecule has 0 aromatic carbocycles. The van der Waals surface area contributed by atoms with Crippen LogP contribution in [0.5, 0.6) is 0 Å². The molecule has 5 nitrogen and oxygen atoms in total. The summed E-state index contributed by atoms with van der Waals surface area (Å²) in [5.41, 5.74) is 5.43. The van der Waals surface area contributed by atoms with Crippen LogP contribution in [0.1, 0.15) is 34.1 Å². The van der Waals surface area contributed by atoms with Gasteiger partial charge in [-0.2, -0.15) is 0 Å². The number of nitrogens with zero attached hydrogens (tertiary/aromatic N) is 1. The number of amides is 1. The largest absolute Gasteiger partial charge is 0.409 e. The van der Waals surface area contributed by atoms with Crippen LogP contribution in [0.4, 0.5) is 0 Å². The summed E-state index contributed by atoms with van der Waals surface area (Å²) >= 11 is 0. The van der Waals surface area contributed by atoms with Gasteiger partial charge in [0, 0.05) is 6.54 Å². The van der Waals surface area contributed by atoms with Gasteiger partial charge in [-0.1, -0.05) is 32.9 Å². The fourth-order valence-electron chi connectivity index (χ4n) is 1.07. The fourth-order valence-corrected chi connectivity index (χ4v) is 1.07. The average molecular weight is 215 g/mol. The summed E-state index contributed by atoms with van der Waals surface area (Å²) in [6, 6.07) is 0. The zero-order valence-corrected chi connectivity index (χ0v) is 9.87. The van der Waals surface area contributed by atoms with Crippen LogP contribution in [0.15, 0.2) is 5.16 Å². The molecule has 1 atom stereocenters. The number of amidine groups is 1. The van der Waals surface area contributed by atoms with Crippen molar-refractivity contribution >= 4 is 11.7 Å². The highest BCUT2D eigenvalue weighted by molar-refractivity contribution is 6.01. The molecule has 0 spiro atoms. The molecular formula is C10H21N3O2. The number of carbonyl (C=O) groups excluding carboxylic acids is 1. The van der Waals surface area contributed by atoms with E-state index in [1.54, 1.807) is 0 Å². The van der Waals surface area contributed by atoms with Gasteiger partial charge in [0.05, 0.1) is 5.92 Å². The molecule has 0 bridgehead atoms. The fraction of sp³-hybridized carbons (Fsp3) is 0.800. The first-order valence-corrected chi connectivity index (χ1v) is 5.07. The van der Waals surface area contributed by atoms with Crippen molar-refractivity contribution in [1.29, 1.82) is 0 Å². The minimum Gasteiger partial charge on any atom is -0.409 e. The maximum Gasteiger partial charge on any atom is 0.230 e. The molecule has 0 aromatic heterocycles. The third-order valence-corrected chi connectivity index (χ3v) is 1.99. The lowest BCUT2D eigenvalue weighted by Gasteiger charge is -2.21. The molecule has 4 N–H and O–H groups in total. The summed E-state index contributed by atoms with van der Waals surface area (Å²) < 4.78 is 0. The van der Waals surface area contributed by atoms with Crippen molar-refractivity contribution in [2.24, 2.45) is 22.2 Å². The standard InChI is InChI=1S/C10H21N3O2/c1-5-7(8(11)13-15)9(14)12-6-10(2,3)4/h7,15H,5-6H2,1-4H3,(H2,11,13)(H,12,14). The van der Waals surface area contributed by atoms with E-state index >= 15 is 0 Å². The van der Waals surface area contributed by atoms with E-state index in [9.17, 15) is 4.79 Å². The maximum absolute atomic E-state index is 11.6. The summed E-state index contributed by atoms with van der Waals surface area (Å²) in [6.07, 6.45) is 0.520. The van der Waals surface area contributed by atoms with Crippen LogP contribution in [0.2, 0.25) is 0 Å². The van der Waals surface area contributed by atoms with Gasteiger partial charge in [-0.15, -0.1) is 0 Å². The van der Waals surface area contributed by atoms with E-state index in [4.69, 9.17) is 10.9 Å². The highest BCUT2D eigenvalue weighted by atomic mass is 16.4. The van der Waals surface area contributed by atoms with Crippen molar-refractivity contribution in [2.45, 2.75) is 34.1 Å². The Labute approximate surface area is 90.7 Å². The topological polar surface area (TPSA) is 87.7 Å². The summed E-state index contributed by atoms with van der Waals surface area (Å²) in [5, 5.41) is 14.1. The van der Waals surface area contributed by atoms with Gasteiger partial charge in [-0.3, -0.25) is 4.79 Å². The van der Waals surface area contributed by atoms with E-state index < -0.39 is 5.92 Å². The average Bonchev–Trinajstić information content (AvgIpc) is 2.14. The van der Waals surface area contributed by atoms with Crippen LogP contribution in [0, 0.1) is 11.3 Å². The number of rotatable bonds is 4. The number of hydrogen-bond acceptors (Lipinski definition) is 3. The third-order valence-electron chi connectivity index (χ3n) is 1.99. The Hall–Kier alpha value is -1.26. The van der Waals surface area contributed by atoms with Crippen molar-refractivity contribution in [3.63, 3.8) is 0 Å². The molecule has 0 aliphatic heterocycles. The van der Waals surface area contributed by atoms with Gasteiger partial charge in [-0.25, -0.2) is 0 Å². The molecule has 0 fully saturated rings. The second kappa shape index (κ2) is 5.58. The van der Waals surface area contributed by atoms with E-state index in [0.717, 1.165) is 0 Å². The highest BCUT2D eigenvalue weighted by Crippen LogP contribution is 2.11. The summed E-state index contributed by atoms with van der Waals surface area (Å²) in [6.45, 7) is 8.47. The van der Waals surface area contributed by atoms with Gasteiger partial charge in [-0.05, 0) is 11.8 Å². The Bertz CT molecular complexity index is 244. The quantitative estimate of drug-likeness (QED) is 0.282. The van der Waals surface area contributed by atoms with Crippen LogP contribution in [0.25, 0.3) is 0 Å². The Morgan fingerprint density at radius 3 is 2.40 bits per heavy atom. The Kier molecular flexibility index (Phi) is 5.11. The summed E-state index contributed by atoms with van der Waals surface area (Å²) in [4.78, 5) is 11.6. The molecule has 1 amide bonds.